The van der Waals surface area contributed by atoms with Crippen molar-refractivity contribution in [2.45, 2.75) is 105 Å². The van der Waals surface area contributed by atoms with E-state index in [0.717, 1.165) is 36.8 Å². The number of carboxylic acid groups (broad SMARTS) is 1. The fourth-order valence-corrected chi connectivity index (χ4v) is 10.4. The Morgan fingerprint density at radius 2 is 1.52 bits per heavy atom. The number of carboxylic acids is 1. The number of alkyl halides is 7. The molecule has 48 heavy (non-hydrogen) atoms. The fraction of sp³-hybridized carbons (Fsp3) is 0.576. The predicted molar refractivity (Wildman–Crippen MR) is 157 cm³/mol. The Bertz CT molecular complexity index is 1650. The van der Waals surface area contributed by atoms with Gasteiger partial charge in [0.2, 0.25) is 5.91 Å². The molecular formula is C33H35F8NO5S. The summed E-state index contributed by atoms with van der Waals surface area (Å²) in [5.41, 5.74) is -8.84. The number of hydrogen-bond donors (Lipinski definition) is 1. The molecule has 6 nitrogen and oxygen atoms in total. The lowest BCUT2D eigenvalue weighted by Gasteiger charge is -2.44. The third-order valence-electron chi connectivity index (χ3n) is 10.7. The van der Waals surface area contributed by atoms with Crippen LogP contribution in [0.1, 0.15) is 81.4 Å². The van der Waals surface area contributed by atoms with Crippen molar-refractivity contribution in [2.75, 3.05) is 6.54 Å². The van der Waals surface area contributed by atoms with E-state index in [1.165, 1.54) is 4.90 Å². The molecule has 2 aromatic rings. The van der Waals surface area contributed by atoms with Crippen molar-refractivity contribution in [2.24, 2.45) is 11.3 Å². The molecule has 1 amide bonds. The molecule has 2 fully saturated rings. The van der Waals surface area contributed by atoms with Crippen molar-refractivity contribution in [3.8, 4) is 0 Å². The molecule has 2 aromatic carbocycles. The van der Waals surface area contributed by atoms with Gasteiger partial charge < -0.3 is 10.0 Å². The van der Waals surface area contributed by atoms with Gasteiger partial charge in [0.05, 0.1) is 16.4 Å². The van der Waals surface area contributed by atoms with Crippen LogP contribution >= 0.6 is 0 Å². The topological polar surface area (TPSA) is 91.8 Å². The van der Waals surface area contributed by atoms with Crippen LogP contribution in [0.3, 0.4) is 0 Å². The van der Waals surface area contributed by atoms with Crippen molar-refractivity contribution in [1.29, 1.82) is 0 Å². The summed E-state index contributed by atoms with van der Waals surface area (Å²) in [5, 5.41) is 9.97. The highest BCUT2D eigenvalue weighted by molar-refractivity contribution is 7.92. The average Bonchev–Trinajstić information content (AvgIpc) is 3.44. The second-order valence-electron chi connectivity index (χ2n) is 13.2. The van der Waals surface area contributed by atoms with Gasteiger partial charge in [-0.15, -0.1) is 0 Å². The minimum Gasteiger partial charge on any atom is -0.481 e. The fourth-order valence-electron chi connectivity index (χ4n) is 8.06. The lowest BCUT2D eigenvalue weighted by Crippen LogP contribution is -2.54. The number of unbranched alkanes of at least 4 members (excludes halogenated alkanes) is 1. The summed E-state index contributed by atoms with van der Waals surface area (Å²) < 4.78 is 138. The maximum absolute atomic E-state index is 15.1. The van der Waals surface area contributed by atoms with Gasteiger partial charge in [-0.3, -0.25) is 9.59 Å². The summed E-state index contributed by atoms with van der Waals surface area (Å²) >= 11 is 0. The van der Waals surface area contributed by atoms with Crippen molar-refractivity contribution in [3.05, 3.63) is 65.0 Å². The molecule has 1 N–H and O–H groups in total. The number of nitrogens with zero attached hydrogens (tertiary/aromatic N) is 1. The second kappa shape index (κ2) is 12.3. The van der Waals surface area contributed by atoms with Crippen LogP contribution in [0, 0.1) is 17.2 Å². The summed E-state index contributed by atoms with van der Waals surface area (Å²) in [6.45, 7) is 1.81. The van der Waals surface area contributed by atoms with Gasteiger partial charge in [0.1, 0.15) is 10.6 Å². The first-order valence-corrected chi connectivity index (χ1v) is 17.3. The number of rotatable bonds is 8. The van der Waals surface area contributed by atoms with E-state index in [4.69, 9.17) is 0 Å². The minimum absolute atomic E-state index is 0.125. The Labute approximate surface area is 272 Å². The Morgan fingerprint density at radius 1 is 0.917 bits per heavy atom. The number of hydrogen-bond acceptors (Lipinski definition) is 4. The Hall–Kier alpha value is -3.23. The summed E-state index contributed by atoms with van der Waals surface area (Å²) in [6.07, 6.45) is -10.6. The van der Waals surface area contributed by atoms with E-state index in [-0.39, 0.29) is 73.6 Å². The number of aliphatic carboxylic acids is 1. The zero-order valence-corrected chi connectivity index (χ0v) is 26.8. The third-order valence-corrected chi connectivity index (χ3v) is 13.3. The predicted octanol–water partition coefficient (Wildman–Crippen LogP) is 7.78. The standard InChI is InChI=1S/C33H35F8NO5S/c1-2-3-14-29(28(44)45)15-12-20(13-16-29)27(43)42-18-17-30(48(46,47)24-8-6-23(34)7-9-24)25-10-5-22(19-21(25)4-11-26(30)42)31(35,32(36,37)38)33(39,40)41/h5-10,19-20,26H,2-4,11-18H2,1H3,(H,44,45)/t20?,26-,29?,30-/m1/s1. The van der Waals surface area contributed by atoms with E-state index in [0.29, 0.717) is 18.9 Å². The zero-order chi connectivity index (χ0) is 35.5. The number of benzene rings is 2. The molecule has 0 radical (unpaired) electrons. The average molecular weight is 710 g/mol. The normalized spacial score (nSPS) is 26.6. The van der Waals surface area contributed by atoms with Crippen LogP contribution in [0.25, 0.3) is 0 Å². The monoisotopic (exact) mass is 709 g/mol. The van der Waals surface area contributed by atoms with E-state index in [1.54, 1.807) is 0 Å². The molecule has 3 aliphatic rings. The molecule has 2 aliphatic carbocycles. The highest BCUT2D eigenvalue weighted by Crippen LogP contribution is 2.57. The molecule has 0 aromatic heterocycles. The van der Waals surface area contributed by atoms with Crippen LogP contribution in [0.15, 0.2) is 47.4 Å². The number of fused-ring (bicyclic) bond motifs is 3. The van der Waals surface area contributed by atoms with E-state index in [2.05, 4.69) is 0 Å². The molecule has 1 saturated heterocycles. The molecule has 1 saturated carbocycles. The SMILES string of the molecule is CCCCC1(C(=O)O)CCC(C(=O)N2CC[C@@]3(S(=O)(=O)c4ccc(F)cc4)c4ccc(C(F)(C(F)(F)F)C(F)(F)F)cc4CC[C@@H]23)CC1. The van der Waals surface area contributed by atoms with Crippen LogP contribution in [-0.2, 0) is 36.3 Å². The van der Waals surface area contributed by atoms with Gasteiger partial charge in [0.15, 0.2) is 9.84 Å². The number of carbonyl (C=O) groups excluding carboxylic acids is 1. The van der Waals surface area contributed by atoms with Gasteiger partial charge in [-0.2, -0.15) is 26.3 Å². The van der Waals surface area contributed by atoms with Gasteiger partial charge in [0, 0.05) is 18.0 Å². The van der Waals surface area contributed by atoms with E-state index in [1.807, 2.05) is 6.92 Å². The molecule has 264 valence electrons. The molecule has 15 heteroatoms. The molecule has 0 unspecified atom stereocenters. The van der Waals surface area contributed by atoms with Crippen LogP contribution < -0.4 is 0 Å². The highest BCUT2D eigenvalue weighted by atomic mass is 32.2. The summed E-state index contributed by atoms with van der Waals surface area (Å²) in [5.74, 6) is -2.74. The van der Waals surface area contributed by atoms with Gasteiger partial charge in [-0.1, -0.05) is 38.0 Å². The molecule has 0 bridgehead atoms. The number of aryl methyl sites for hydroxylation is 1. The molecule has 5 rings (SSSR count). The molecular weight excluding hydrogens is 674 g/mol. The van der Waals surface area contributed by atoms with E-state index in [9.17, 15) is 53.8 Å². The van der Waals surface area contributed by atoms with Crippen LogP contribution in [0.2, 0.25) is 0 Å². The van der Waals surface area contributed by atoms with Crippen molar-refractivity contribution in [3.63, 3.8) is 0 Å². The van der Waals surface area contributed by atoms with E-state index < -0.39 is 73.2 Å². The Kier molecular flexibility index (Phi) is 9.22. The van der Waals surface area contributed by atoms with Crippen LogP contribution in [-0.4, -0.2) is 55.2 Å². The summed E-state index contributed by atoms with van der Waals surface area (Å²) in [7, 11) is -4.61. The number of halogens is 8. The summed E-state index contributed by atoms with van der Waals surface area (Å²) in [4.78, 5) is 27.3. The van der Waals surface area contributed by atoms with Crippen molar-refractivity contribution >= 4 is 21.7 Å². The van der Waals surface area contributed by atoms with Gasteiger partial charge in [-0.05, 0) is 86.8 Å². The maximum Gasteiger partial charge on any atom is 0.435 e. The van der Waals surface area contributed by atoms with Crippen molar-refractivity contribution < 1.29 is 58.2 Å². The summed E-state index contributed by atoms with van der Waals surface area (Å²) in [6, 6.07) is 4.13. The van der Waals surface area contributed by atoms with Gasteiger partial charge in [0.25, 0.3) is 0 Å². The third kappa shape index (κ3) is 5.47. The van der Waals surface area contributed by atoms with Crippen LogP contribution in [0.4, 0.5) is 35.1 Å². The second-order valence-corrected chi connectivity index (χ2v) is 15.4. The molecule has 0 spiro atoms. The van der Waals surface area contributed by atoms with Crippen LogP contribution in [0.5, 0.6) is 0 Å². The Balaban J connectivity index is 1.57. The number of carbonyl (C=O) groups is 2. The van der Waals surface area contributed by atoms with Gasteiger partial charge >= 0.3 is 24.0 Å². The largest absolute Gasteiger partial charge is 0.481 e. The Morgan fingerprint density at radius 3 is 2.06 bits per heavy atom. The first-order valence-electron chi connectivity index (χ1n) is 15.8. The minimum atomic E-state index is -6.38. The van der Waals surface area contributed by atoms with Gasteiger partial charge in [-0.25, -0.2) is 17.2 Å². The highest BCUT2D eigenvalue weighted by Gasteiger charge is 2.74. The first-order chi connectivity index (χ1) is 22.3. The molecule has 1 aliphatic heterocycles. The number of sulfone groups is 1. The quantitative estimate of drug-likeness (QED) is 0.223. The lowest BCUT2D eigenvalue weighted by molar-refractivity contribution is -0.348. The lowest BCUT2D eigenvalue weighted by atomic mass is 9.67. The zero-order valence-electron chi connectivity index (χ0n) is 25.9. The van der Waals surface area contributed by atoms with E-state index >= 15 is 4.39 Å². The number of likely N-dealkylation sites (tertiary alicyclic amines) is 1. The smallest absolute Gasteiger partial charge is 0.435 e. The number of amides is 1. The maximum atomic E-state index is 15.1. The first kappa shape index (κ1) is 36.1. The van der Waals surface area contributed by atoms with Crippen molar-refractivity contribution in [1.82, 2.24) is 4.90 Å². The molecule has 1 heterocycles. The molecule has 2 atom stereocenters.